The van der Waals surface area contributed by atoms with Gasteiger partial charge < -0.3 is 10.1 Å². The second kappa shape index (κ2) is 8.82. The summed E-state index contributed by atoms with van der Waals surface area (Å²) < 4.78 is 29.3. The van der Waals surface area contributed by atoms with Crippen LogP contribution in [0.25, 0.3) is 0 Å². The van der Waals surface area contributed by atoms with Crippen LogP contribution >= 0.6 is 0 Å². The van der Waals surface area contributed by atoms with Gasteiger partial charge in [-0.1, -0.05) is 67.5 Å². The van der Waals surface area contributed by atoms with Gasteiger partial charge in [-0.3, -0.25) is 4.79 Å². The molecule has 25 heavy (non-hydrogen) atoms. The lowest BCUT2D eigenvalue weighted by Crippen LogP contribution is -2.47. The quantitative estimate of drug-likeness (QED) is 0.726. The summed E-state index contributed by atoms with van der Waals surface area (Å²) in [5.41, 5.74) is 1.06. The van der Waals surface area contributed by atoms with E-state index in [0.717, 1.165) is 11.1 Å². The van der Waals surface area contributed by atoms with E-state index in [-0.39, 0.29) is 12.5 Å². The monoisotopic (exact) mass is 342 g/mol. The molecule has 0 saturated heterocycles. The third kappa shape index (κ3) is 4.29. The Hall–Kier alpha value is -2.13. The zero-order valence-corrected chi connectivity index (χ0v) is 15.2. The fourth-order valence-corrected chi connectivity index (χ4v) is 3.48. The Morgan fingerprint density at radius 1 is 1.12 bits per heavy atom. The molecule has 0 aliphatic heterocycles. The number of nitrogens with one attached hydrogen (secondary N) is 1. The van der Waals surface area contributed by atoms with Crippen molar-refractivity contribution in [3.05, 3.63) is 71.8 Å². The van der Waals surface area contributed by atoms with Gasteiger partial charge in [0.1, 0.15) is 6.10 Å². The zero-order valence-electron chi connectivity index (χ0n) is 18.2. The minimum Gasteiger partial charge on any atom is -0.461 e. The molecule has 0 saturated carbocycles. The third-order valence-electron chi connectivity index (χ3n) is 4.74. The van der Waals surface area contributed by atoms with Crippen LogP contribution in [0, 0.1) is 0 Å². The number of rotatable bonds is 8. The molecule has 2 atom stereocenters. The Kier molecular flexibility index (Phi) is 5.34. The molecule has 0 heterocycles. The second-order valence-electron chi connectivity index (χ2n) is 6.40. The standard InChI is InChI=1S/C22H29NO2/c1-5-21(25-18(3)24)22(16-17(2)23-4,19-12-8-6-9-13-19)20-14-10-7-11-15-20/h6-15,17,21,23H,5,16H2,1-4H3/t17-,21-/m0/s1/i1D3. The lowest BCUT2D eigenvalue weighted by Gasteiger charge is -2.42. The van der Waals surface area contributed by atoms with E-state index in [0.29, 0.717) is 6.42 Å². The normalized spacial score (nSPS) is 16.2. The van der Waals surface area contributed by atoms with E-state index in [9.17, 15) is 4.79 Å². The summed E-state index contributed by atoms with van der Waals surface area (Å²) in [6.45, 7) is 1.13. The molecule has 0 unspecified atom stereocenters. The van der Waals surface area contributed by atoms with Crippen molar-refractivity contribution < 1.29 is 13.6 Å². The molecule has 2 rings (SSSR count). The van der Waals surface area contributed by atoms with Gasteiger partial charge in [0.15, 0.2) is 0 Å². The summed E-state index contributed by atoms with van der Waals surface area (Å²) >= 11 is 0. The number of carbonyl (C=O) groups excluding carboxylic acids is 1. The van der Waals surface area contributed by atoms with Gasteiger partial charge in [0, 0.05) is 17.1 Å². The van der Waals surface area contributed by atoms with Crippen LogP contribution in [0.3, 0.4) is 0 Å². The van der Waals surface area contributed by atoms with E-state index in [1.54, 1.807) is 0 Å². The van der Waals surface area contributed by atoms with E-state index in [4.69, 9.17) is 8.85 Å². The molecule has 0 aromatic heterocycles. The summed E-state index contributed by atoms with van der Waals surface area (Å²) in [6.07, 6.45) is -0.490. The highest BCUT2D eigenvalue weighted by atomic mass is 16.5. The smallest absolute Gasteiger partial charge is 0.302 e. The molecule has 3 heteroatoms. The van der Waals surface area contributed by atoms with Crippen LogP contribution < -0.4 is 5.32 Å². The predicted molar refractivity (Wildman–Crippen MR) is 103 cm³/mol. The van der Waals surface area contributed by atoms with Gasteiger partial charge in [-0.25, -0.2) is 0 Å². The van der Waals surface area contributed by atoms with Crippen molar-refractivity contribution in [1.82, 2.24) is 5.32 Å². The second-order valence-corrected chi connectivity index (χ2v) is 6.40. The first-order valence-corrected chi connectivity index (χ1v) is 8.64. The van der Waals surface area contributed by atoms with Crippen LogP contribution in [0.2, 0.25) is 0 Å². The van der Waals surface area contributed by atoms with Crippen LogP contribution in [-0.4, -0.2) is 25.2 Å². The van der Waals surface area contributed by atoms with Crippen LogP contribution in [-0.2, 0) is 14.9 Å². The Morgan fingerprint density at radius 3 is 2.04 bits per heavy atom. The van der Waals surface area contributed by atoms with Crippen molar-refractivity contribution in [3.63, 3.8) is 0 Å². The molecule has 0 radical (unpaired) electrons. The van der Waals surface area contributed by atoms with E-state index in [1.165, 1.54) is 6.92 Å². The summed E-state index contributed by atoms with van der Waals surface area (Å²) in [5, 5.41) is 3.25. The number of esters is 1. The number of hydrogen-bond acceptors (Lipinski definition) is 3. The number of ether oxygens (including phenoxy) is 1. The van der Waals surface area contributed by atoms with Gasteiger partial charge in [0.25, 0.3) is 0 Å². The molecule has 2 aromatic carbocycles. The molecule has 1 N–H and O–H groups in total. The van der Waals surface area contributed by atoms with Crippen LogP contribution in [0.1, 0.15) is 48.8 Å². The van der Waals surface area contributed by atoms with Crippen LogP contribution in [0.15, 0.2) is 60.7 Å². The first-order chi connectivity index (χ1) is 13.2. The lowest BCUT2D eigenvalue weighted by atomic mass is 9.66. The molecule has 0 bridgehead atoms. The number of benzene rings is 2. The average molecular weight is 342 g/mol. The Bertz CT molecular complexity index is 708. The van der Waals surface area contributed by atoms with Gasteiger partial charge in [-0.05, 0) is 37.9 Å². The zero-order chi connectivity index (χ0) is 20.8. The van der Waals surface area contributed by atoms with E-state index in [2.05, 4.69) is 5.32 Å². The molecule has 0 fully saturated rings. The van der Waals surface area contributed by atoms with Crippen molar-refractivity contribution in [2.75, 3.05) is 7.05 Å². The summed E-state index contributed by atoms with van der Waals surface area (Å²) in [5.74, 6) is -0.484. The largest absolute Gasteiger partial charge is 0.461 e. The minimum absolute atomic E-state index is 0.0649. The SMILES string of the molecule is [2H]C([2H])([2H])C[C@H](OC(C)=O)C(C[C@H](C)NC)(c1ccccc1)c1ccccc1. The van der Waals surface area contributed by atoms with E-state index < -0.39 is 24.3 Å². The van der Waals surface area contributed by atoms with Crippen molar-refractivity contribution in [3.8, 4) is 0 Å². The molecule has 0 amide bonds. The van der Waals surface area contributed by atoms with Gasteiger partial charge in [0.2, 0.25) is 0 Å². The summed E-state index contributed by atoms with van der Waals surface area (Å²) in [4.78, 5) is 12.0. The maximum atomic E-state index is 12.0. The number of carbonyl (C=O) groups is 1. The fraction of sp³-hybridized carbons (Fsp3) is 0.409. The van der Waals surface area contributed by atoms with Crippen LogP contribution in [0.4, 0.5) is 0 Å². The lowest BCUT2D eigenvalue weighted by molar-refractivity contribution is -0.149. The molecular weight excluding hydrogens is 310 g/mol. The predicted octanol–water partition coefficient (Wildman–Crippen LogP) is 4.31. The molecular formula is C22H29NO2. The molecule has 3 nitrogen and oxygen atoms in total. The third-order valence-corrected chi connectivity index (χ3v) is 4.74. The fourth-order valence-electron chi connectivity index (χ4n) is 3.48. The highest BCUT2D eigenvalue weighted by Gasteiger charge is 2.44. The highest BCUT2D eigenvalue weighted by Crippen LogP contribution is 2.42. The van der Waals surface area contributed by atoms with Crippen molar-refractivity contribution in [2.24, 2.45) is 0 Å². The van der Waals surface area contributed by atoms with Gasteiger partial charge in [-0.15, -0.1) is 0 Å². The Labute approximate surface area is 155 Å². The average Bonchev–Trinajstić information content (AvgIpc) is 2.65. The van der Waals surface area contributed by atoms with Crippen molar-refractivity contribution in [1.29, 1.82) is 0 Å². The molecule has 134 valence electrons. The molecule has 2 aromatic rings. The molecule has 0 aliphatic carbocycles. The van der Waals surface area contributed by atoms with E-state index >= 15 is 0 Å². The van der Waals surface area contributed by atoms with Gasteiger partial charge in [0.05, 0.1) is 5.41 Å². The maximum absolute atomic E-state index is 12.0. The van der Waals surface area contributed by atoms with Crippen molar-refractivity contribution in [2.45, 2.75) is 51.1 Å². The Balaban J connectivity index is 2.77. The van der Waals surface area contributed by atoms with Crippen LogP contribution in [0.5, 0.6) is 0 Å². The highest BCUT2D eigenvalue weighted by molar-refractivity contribution is 5.66. The van der Waals surface area contributed by atoms with Gasteiger partial charge in [-0.2, -0.15) is 0 Å². The number of hydrogen-bond donors (Lipinski definition) is 1. The van der Waals surface area contributed by atoms with E-state index in [1.807, 2.05) is 74.6 Å². The maximum Gasteiger partial charge on any atom is 0.302 e. The first kappa shape index (κ1) is 15.2. The van der Waals surface area contributed by atoms with Gasteiger partial charge >= 0.3 is 5.97 Å². The summed E-state index contributed by atoms with van der Waals surface area (Å²) in [7, 11) is 1.87. The minimum atomic E-state index is -2.24. The Morgan fingerprint density at radius 2 is 1.64 bits per heavy atom. The molecule has 0 spiro atoms. The first-order valence-electron chi connectivity index (χ1n) is 10.1. The van der Waals surface area contributed by atoms with Crippen molar-refractivity contribution >= 4 is 5.97 Å². The molecule has 0 aliphatic rings. The summed E-state index contributed by atoms with van der Waals surface area (Å²) in [6, 6.07) is 19.5. The topological polar surface area (TPSA) is 38.3 Å².